The Kier molecular flexibility index (Phi) is 5.38. The van der Waals surface area contributed by atoms with Crippen LogP contribution in [0.15, 0.2) is 29.8 Å². The number of anilines is 1. The number of hydrogen-bond donors (Lipinski definition) is 2. The number of aromatic nitrogens is 1. The molecule has 6 heteroatoms. The third-order valence-corrected chi connectivity index (χ3v) is 3.91. The minimum Gasteiger partial charge on any atom is -0.369 e. The van der Waals surface area contributed by atoms with E-state index >= 15 is 0 Å². The van der Waals surface area contributed by atoms with Crippen LogP contribution in [-0.4, -0.2) is 24.0 Å². The van der Waals surface area contributed by atoms with Crippen molar-refractivity contribution in [3.8, 4) is 0 Å². The van der Waals surface area contributed by atoms with Gasteiger partial charge >= 0.3 is 0 Å². The largest absolute Gasteiger partial charge is 0.369 e. The van der Waals surface area contributed by atoms with E-state index in [4.69, 9.17) is 11.6 Å². The van der Waals surface area contributed by atoms with Crippen LogP contribution in [0.25, 0.3) is 0 Å². The van der Waals surface area contributed by atoms with Crippen molar-refractivity contribution < 1.29 is 4.79 Å². The zero-order valence-electron chi connectivity index (χ0n) is 11.1. The maximum atomic E-state index is 12.0. The quantitative estimate of drug-likeness (QED) is 0.861. The molecule has 0 aliphatic carbocycles. The van der Waals surface area contributed by atoms with Crippen LogP contribution in [0.2, 0.25) is 5.02 Å². The zero-order chi connectivity index (χ0) is 14.4. The number of hydrogen-bond acceptors (Lipinski definition) is 4. The zero-order valence-corrected chi connectivity index (χ0v) is 12.7. The normalized spacial score (nSPS) is 10.3. The Hall–Kier alpha value is -1.59. The number of nitrogens with zero attached hydrogens (tertiary/aromatic N) is 1. The number of pyridine rings is 1. The molecule has 0 aliphatic rings. The second-order valence-corrected chi connectivity index (χ2v) is 5.61. The van der Waals surface area contributed by atoms with Gasteiger partial charge in [-0.1, -0.05) is 17.7 Å². The Morgan fingerprint density at radius 1 is 1.50 bits per heavy atom. The number of nitrogens with one attached hydrogen (secondary N) is 2. The highest BCUT2D eigenvalue weighted by atomic mass is 35.5. The first kappa shape index (κ1) is 14.8. The Balaban J connectivity index is 1.90. The van der Waals surface area contributed by atoms with E-state index in [0.29, 0.717) is 22.9 Å². The van der Waals surface area contributed by atoms with E-state index in [-0.39, 0.29) is 5.91 Å². The van der Waals surface area contributed by atoms with Gasteiger partial charge in [0.15, 0.2) is 0 Å². The van der Waals surface area contributed by atoms with Crippen LogP contribution in [0.3, 0.4) is 0 Å². The number of carbonyl (C=O) groups is 1. The predicted octanol–water partition coefficient (Wildman–Crippen LogP) is 3.20. The lowest BCUT2D eigenvalue weighted by molar-refractivity contribution is 0.0954. The van der Waals surface area contributed by atoms with Crippen LogP contribution in [0.5, 0.6) is 0 Å². The Labute approximate surface area is 127 Å². The topological polar surface area (TPSA) is 54.0 Å². The van der Waals surface area contributed by atoms with Gasteiger partial charge in [0, 0.05) is 24.2 Å². The predicted molar refractivity (Wildman–Crippen MR) is 83.8 cm³/mol. The van der Waals surface area contributed by atoms with Crippen molar-refractivity contribution in [2.45, 2.75) is 13.3 Å². The van der Waals surface area contributed by atoms with Crippen molar-refractivity contribution >= 4 is 34.7 Å². The fourth-order valence-corrected chi connectivity index (χ4v) is 2.66. The maximum absolute atomic E-state index is 12.0. The second-order valence-electron chi connectivity index (χ2n) is 4.17. The molecule has 1 amide bonds. The van der Waals surface area contributed by atoms with Gasteiger partial charge in [-0.3, -0.25) is 4.79 Å². The summed E-state index contributed by atoms with van der Waals surface area (Å²) in [7, 11) is 0. The summed E-state index contributed by atoms with van der Waals surface area (Å²) >= 11 is 7.75. The number of amides is 1. The van der Waals surface area contributed by atoms with E-state index in [2.05, 4.69) is 21.7 Å². The van der Waals surface area contributed by atoms with Gasteiger partial charge in [-0.15, -0.1) is 11.3 Å². The minimum absolute atomic E-state index is 0.154. The van der Waals surface area contributed by atoms with Crippen LogP contribution in [0.4, 0.5) is 5.82 Å². The minimum atomic E-state index is -0.154. The number of thiophene rings is 1. The van der Waals surface area contributed by atoms with Crippen LogP contribution >= 0.6 is 22.9 Å². The molecule has 0 saturated heterocycles. The second kappa shape index (κ2) is 7.26. The lowest BCUT2D eigenvalue weighted by Crippen LogP contribution is -2.25. The molecule has 20 heavy (non-hydrogen) atoms. The van der Waals surface area contributed by atoms with Crippen molar-refractivity contribution in [2.24, 2.45) is 0 Å². The molecule has 0 bridgehead atoms. The molecule has 0 spiro atoms. The third kappa shape index (κ3) is 3.95. The molecule has 0 unspecified atom stereocenters. The van der Waals surface area contributed by atoms with Gasteiger partial charge in [-0.05, 0) is 30.9 Å². The summed E-state index contributed by atoms with van der Waals surface area (Å²) < 4.78 is 0. The highest BCUT2D eigenvalue weighted by Crippen LogP contribution is 2.19. The lowest BCUT2D eigenvalue weighted by atomic mass is 10.2. The molecule has 106 valence electrons. The van der Waals surface area contributed by atoms with E-state index in [1.54, 1.807) is 17.4 Å². The average molecular weight is 310 g/mol. The van der Waals surface area contributed by atoms with Gasteiger partial charge in [0.25, 0.3) is 5.91 Å². The van der Waals surface area contributed by atoms with Crippen molar-refractivity contribution in [3.05, 3.63) is 45.2 Å². The number of carbonyl (C=O) groups excluding carboxylic acids is 1. The van der Waals surface area contributed by atoms with Crippen LogP contribution in [0.1, 0.15) is 22.2 Å². The molecule has 2 rings (SSSR count). The Morgan fingerprint density at radius 3 is 3.00 bits per heavy atom. The molecule has 4 nitrogen and oxygen atoms in total. The highest BCUT2D eigenvalue weighted by molar-refractivity contribution is 7.09. The molecule has 0 aromatic carbocycles. The van der Waals surface area contributed by atoms with E-state index in [1.807, 2.05) is 18.4 Å². The lowest BCUT2D eigenvalue weighted by Gasteiger charge is -2.07. The van der Waals surface area contributed by atoms with Crippen molar-refractivity contribution in [1.82, 2.24) is 10.3 Å². The fourth-order valence-electron chi connectivity index (χ4n) is 1.72. The number of halogens is 1. The summed E-state index contributed by atoms with van der Waals surface area (Å²) in [6, 6.07) is 5.69. The van der Waals surface area contributed by atoms with Crippen LogP contribution in [0, 0.1) is 0 Å². The van der Waals surface area contributed by atoms with Gasteiger partial charge in [0.1, 0.15) is 5.82 Å². The Bertz CT molecular complexity index is 572. The first-order valence-corrected chi connectivity index (χ1v) is 7.66. The van der Waals surface area contributed by atoms with Crippen LogP contribution in [-0.2, 0) is 6.42 Å². The van der Waals surface area contributed by atoms with E-state index in [0.717, 1.165) is 13.0 Å². The summed E-state index contributed by atoms with van der Waals surface area (Å²) in [5, 5.41) is 8.38. The molecule has 2 aromatic heterocycles. The molecular formula is C14H16ClN3OS. The third-order valence-electron chi connectivity index (χ3n) is 2.68. The molecule has 0 fully saturated rings. The van der Waals surface area contributed by atoms with Gasteiger partial charge in [0.05, 0.1) is 10.6 Å². The molecular weight excluding hydrogens is 294 g/mol. The van der Waals surface area contributed by atoms with Crippen molar-refractivity contribution in [3.63, 3.8) is 0 Å². The molecule has 2 heterocycles. The van der Waals surface area contributed by atoms with E-state index < -0.39 is 0 Å². The molecule has 0 atom stereocenters. The first-order valence-electron chi connectivity index (χ1n) is 6.40. The van der Waals surface area contributed by atoms with Gasteiger partial charge in [0.2, 0.25) is 0 Å². The fraction of sp³-hybridized carbons (Fsp3) is 0.286. The standard InChI is InChI=1S/C14H16ClN3OS/c1-2-16-13-12(15)8-10(9-18-13)14(19)17-6-5-11-4-3-7-20-11/h3-4,7-9H,2,5-6H2,1H3,(H,16,18)(H,17,19). The van der Waals surface area contributed by atoms with E-state index in [9.17, 15) is 4.79 Å². The average Bonchev–Trinajstić information content (AvgIpc) is 2.94. The summed E-state index contributed by atoms with van der Waals surface area (Å²) in [6.07, 6.45) is 2.37. The van der Waals surface area contributed by atoms with Crippen molar-refractivity contribution in [1.29, 1.82) is 0 Å². The number of rotatable bonds is 6. The van der Waals surface area contributed by atoms with Crippen LogP contribution < -0.4 is 10.6 Å². The van der Waals surface area contributed by atoms with Gasteiger partial charge in [-0.25, -0.2) is 4.98 Å². The molecule has 2 N–H and O–H groups in total. The summed E-state index contributed by atoms with van der Waals surface area (Å²) in [5.74, 6) is 0.448. The first-order chi connectivity index (χ1) is 9.70. The smallest absolute Gasteiger partial charge is 0.252 e. The monoisotopic (exact) mass is 309 g/mol. The Morgan fingerprint density at radius 2 is 2.35 bits per heavy atom. The summed E-state index contributed by atoms with van der Waals surface area (Å²) in [5.41, 5.74) is 0.475. The highest BCUT2D eigenvalue weighted by Gasteiger charge is 2.09. The SMILES string of the molecule is CCNc1ncc(C(=O)NCCc2cccs2)cc1Cl. The molecule has 0 radical (unpaired) electrons. The van der Waals surface area contributed by atoms with Gasteiger partial charge < -0.3 is 10.6 Å². The summed E-state index contributed by atoms with van der Waals surface area (Å²) in [6.45, 7) is 3.30. The van der Waals surface area contributed by atoms with Crippen molar-refractivity contribution in [2.75, 3.05) is 18.4 Å². The maximum Gasteiger partial charge on any atom is 0.252 e. The molecule has 0 aliphatic heterocycles. The molecule has 0 saturated carbocycles. The van der Waals surface area contributed by atoms with E-state index in [1.165, 1.54) is 11.1 Å². The summed E-state index contributed by atoms with van der Waals surface area (Å²) in [4.78, 5) is 17.4. The van der Waals surface area contributed by atoms with Gasteiger partial charge in [-0.2, -0.15) is 0 Å². The molecule has 2 aromatic rings.